The second-order valence-corrected chi connectivity index (χ2v) is 5.44. The Balaban J connectivity index is 2.19. The van der Waals surface area contributed by atoms with Crippen LogP contribution in [-0.4, -0.2) is 49.2 Å². The first-order valence-corrected chi connectivity index (χ1v) is 6.03. The van der Waals surface area contributed by atoms with E-state index in [-0.39, 0.29) is 6.04 Å². The van der Waals surface area contributed by atoms with Crippen molar-refractivity contribution < 1.29 is 8.42 Å². The van der Waals surface area contributed by atoms with Crippen molar-refractivity contribution in [1.29, 1.82) is 0 Å². The Kier molecular flexibility index (Phi) is 2.31. The summed E-state index contributed by atoms with van der Waals surface area (Å²) in [6.45, 7) is 2.18. The Morgan fingerprint density at radius 1 is 1.46 bits per heavy atom. The average molecular weight is 205 g/mol. The van der Waals surface area contributed by atoms with Gasteiger partial charge >= 0.3 is 0 Å². The lowest BCUT2D eigenvalue weighted by atomic mass is 10.2. The molecule has 0 aromatic heterocycles. The van der Waals surface area contributed by atoms with E-state index in [4.69, 9.17) is 5.73 Å². The molecule has 0 aromatic carbocycles. The zero-order valence-electron chi connectivity index (χ0n) is 7.52. The van der Waals surface area contributed by atoms with Crippen LogP contribution in [0.4, 0.5) is 0 Å². The summed E-state index contributed by atoms with van der Waals surface area (Å²) in [7, 11) is -3.14. The van der Waals surface area contributed by atoms with Gasteiger partial charge in [-0.15, -0.1) is 0 Å². The minimum absolute atomic E-state index is 0.219. The van der Waals surface area contributed by atoms with Crippen LogP contribution in [0.1, 0.15) is 12.8 Å². The molecule has 2 fully saturated rings. The molecule has 0 bridgehead atoms. The number of nitrogens with two attached hydrogens (primary N) is 1. The maximum Gasteiger partial charge on any atom is 0.282 e. The van der Waals surface area contributed by atoms with Crippen LogP contribution >= 0.6 is 0 Å². The molecule has 2 rings (SSSR count). The van der Waals surface area contributed by atoms with E-state index in [2.05, 4.69) is 0 Å². The van der Waals surface area contributed by atoms with E-state index in [1.165, 1.54) is 4.31 Å². The van der Waals surface area contributed by atoms with Crippen LogP contribution in [0.25, 0.3) is 0 Å². The Morgan fingerprint density at radius 2 is 2.23 bits per heavy atom. The van der Waals surface area contributed by atoms with E-state index in [1.54, 1.807) is 4.31 Å². The molecule has 0 radical (unpaired) electrons. The van der Waals surface area contributed by atoms with Gasteiger partial charge in [-0.3, -0.25) is 0 Å². The topological polar surface area (TPSA) is 66.6 Å². The Morgan fingerprint density at radius 3 is 2.85 bits per heavy atom. The predicted molar refractivity (Wildman–Crippen MR) is 49.3 cm³/mol. The zero-order valence-corrected chi connectivity index (χ0v) is 8.33. The van der Waals surface area contributed by atoms with Gasteiger partial charge in [0, 0.05) is 32.2 Å². The van der Waals surface area contributed by atoms with Gasteiger partial charge in [0.05, 0.1) is 0 Å². The molecule has 1 atom stereocenters. The summed E-state index contributed by atoms with van der Waals surface area (Å²) in [4.78, 5) is 0. The van der Waals surface area contributed by atoms with Crippen molar-refractivity contribution >= 4 is 10.2 Å². The molecule has 2 heterocycles. The second-order valence-electron chi connectivity index (χ2n) is 3.56. The fourth-order valence-electron chi connectivity index (χ4n) is 2.12. The maximum atomic E-state index is 11.8. The van der Waals surface area contributed by atoms with Gasteiger partial charge in [-0.1, -0.05) is 0 Å². The molecule has 2 aliphatic rings. The highest BCUT2D eigenvalue weighted by atomic mass is 32.2. The number of hydrogen-bond donors (Lipinski definition) is 1. The summed E-state index contributed by atoms with van der Waals surface area (Å²) in [5.74, 6) is 0. The largest absolute Gasteiger partial charge is 0.329 e. The lowest BCUT2D eigenvalue weighted by Crippen LogP contribution is -2.35. The van der Waals surface area contributed by atoms with E-state index < -0.39 is 10.2 Å². The highest BCUT2D eigenvalue weighted by Gasteiger charge is 2.45. The molecule has 2 N–H and O–H groups in total. The van der Waals surface area contributed by atoms with Crippen molar-refractivity contribution in [3.05, 3.63) is 0 Å². The molecule has 1 unspecified atom stereocenters. The van der Waals surface area contributed by atoms with E-state index in [1.807, 2.05) is 0 Å². The van der Waals surface area contributed by atoms with Gasteiger partial charge in [0.25, 0.3) is 10.2 Å². The molecule has 2 saturated heterocycles. The number of fused-ring (bicyclic) bond motifs is 1. The van der Waals surface area contributed by atoms with Gasteiger partial charge in [-0.25, -0.2) is 0 Å². The average Bonchev–Trinajstić information content (AvgIpc) is 2.58. The summed E-state index contributed by atoms with van der Waals surface area (Å²) >= 11 is 0. The van der Waals surface area contributed by atoms with E-state index >= 15 is 0 Å². The predicted octanol–water partition coefficient (Wildman–Crippen LogP) is -1.03. The summed E-state index contributed by atoms with van der Waals surface area (Å²) in [6.07, 6.45) is 2.00. The molecule has 0 aliphatic carbocycles. The Bertz CT molecular complexity index is 290. The molecule has 6 heteroatoms. The van der Waals surface area contributed by atoms with Crippen LogP contribution < -0.4 is 5.73 Å². The molecule has 0 spiro atoms. The van der Waals surface area contributed by atoms with Gasteiger partial charge in [0.2, 0.25) is 0 Å². The Hall–Kier alpha value is -0.170. The summed E-state index contributed by atoms with van der Waals surface area (Å²) in [5.41, 5.74) is 5.36. The number of nitrogens with zero attached hydrogens (tertiary/aromatic N) is 2. The molecule has 2 aliphatic heterocycles. The van der Waals surface area contributed by atoms with Gasteiger partial charge < -0.3 is 5.73 Å². The van der Waals surface area contributed by atoms with Crippen LogP contribution in [-0.2, 0) is 10.2 Å². The van der Waals surface area contributed by atoms with Gasteiger partial charge in [-0.05, 0) is 12.8 Å². The van der Waals surface area contributed by atoms with Gasteiger partial charge in [0.15, 0.2) is 0 Å². The molecule has 0 saturated carbocycles. The van der Waals surface area contributed by atoms with E-state index in [0.29, 0.717) is 26.2 Å². The quantitative estimate of drug-likeness (QED) is 0.627. The molecule has 0 amide bonds. The fourth-order valence-corrected chi connectivity index (χ4v) is 4.03. The highest BCUT2D eigenvalue weighted by molar-refractivity contribution is 7.87. The summed E-state index contributed by atoms with van der Waals surface area (Å²) < 4.78 is 26.6. The summed E-state index contributed by atoms with van der Waals surface area (Å²) in [5, 5.41) is 0. The Labute approximate surface area is 78.7 Å². The summed E-state index contributed by atoms with van der Waals surface area (Å²) in [6, 6.07) is 0.219. The highest BCUT2D eigenvalue weighted by Crippen LogP contribution is 2.30. The third-order valence-corrected chi connectivity index (χ3v) is 4.80. The van der Waals surface area contributed by atoms with Crippen LogP contribution in [0, 0.1) is 0 Å². The maximum absolute atomic E-state index is 11.8. The standard InChI is InChI=1S/C7H15N3O2S/c8-3-5-9-6-7-2-1-4-10(7)13(9,11)12/h7H,1-6,8H2. The third-order valence-electron chi connectivity index (χ3n) is 2.74. The fraction of sp³-hybridized carbons (Fsp3) is 1.00. The lowest BCUT2D eigenvalue weighted by molar-refractivity contribution is 0.412. The number of rotatable bonds is 2. The lowest BCUT2D eigenvalue weighted by Gasteiger charge is -2.15. The minimum Gasteiger partial charge on any atom is -0.329 e. The molecular weight excluding hydrogens is 190 g/mol. The smallest absolute Gasteiger partial charge is 0.282 e. The molecule has 5 nitrogen and oxygen atoms in total. The number of hydrogen-bond acceptors (Lipinski definition) is 3. The van der Waals surface area contributed by atoms with Crippen LogP contribution in [0.15, 0.2) is 0 Å². The first-order valence-electron chi connectivity index (χ1n) is 4.63. The van der Waals surface area contributed by atoms with Gasteiger partial charge in [0.1, 0.15) is 0 Å². The zero-order chi connectivity index (χ0) is 9.47. The van der Waals surface area contributed by atoms with Crippen molar-refractivity contribution in [2.24, 2.45) is 5.73 Å². The monoisotopic (exact) mass is 205 g/mol. The van der Waals surface area contributed by atoms with Crippen molar-refractivity contribution in [3.63, 3.8) is 0 Å². The minimum atomic E-state index is -3.14. The van der Waals surface area contributed by atoms with Crippen molar-refractivity contribution in [1.82, 2.24) is 8.61 Å². The van der Waals surface area contributed by atoms with E-state index in [9.17, 15) is 8.42 Å². The molecular formula is C7H15N3O2S. The first kappa shape index (κ1) is 9.39. The normalized spacial score (nSPS) is 33.8. The van der Waals surface area contributed by atoms with Crippen LogP contribution in [0.3, 0.4) is 0 Å². The second kappa shape index (κ2) is 3.20. The third kappa shape index (κ3) is 1.38. The SMILES string of the molecule is NCCN1CC2CCCN2S1(=O)=O. The van der Waals surface area contributed by atoms with Crippen molar-refractivity contribution in [3.8, 4) is 0 Å². The van der Waals surface area contributed by atoms with E-state index in [0.717, 1.165) is 12.8 Å². The molecule has 13 heavy (non-hydrogen) atoms. The van der Waals surface area contributed by atoms with Crippen molar-refractivity contribution in [2.75, 3.05) is 26.2 Å². The first-order chi connectivity index (χ1) is 6.16. The molecule has 0 aromatic rings. The van der Waals surface area contributed by atoms with Crippen molar-refractivity contribution in [2.45, 2.75) is 18.9 Å². The molecule has 76 valence electrons. The van der Waals surface area contributed by atoms with Gasteiger partial charge in [-0.2, -0.15) is 17.0 Å². The van der Waals surface area contributed by atoms with Crippen LogP contribution in [0.2, 0.25) is 0 Å². The van der Waals surface area contributed by atoms with Crippen LogP contribution in [0.5, 0.6) is 0 Å².